The van der Waals surface area contributed by atoms with Gasteiger partial charge in [-0.05, 0) is 55.0 Å². The largest absolute Gasteiger partial charge is 0.497 e. The van der Waals surface area contributed by atoms with Gasteiger partial charge in [0.2, 0.25) is 0 Å². The molecule has 4 nitrogen and oxygen atoms in total. The van der Waals surface area contributed by atoms with Crippen LogP contribution in [0.4, 0.5) is 10.1 Å². The predicted octanol–water partition coefficient (Wildman–Crippen LogP) is 6.78. The molecule has 0 atom stereocenters. The van der Waals surface area contributed by atoms with E-state index in [4.69, 9.17) is 16.3 Å². The minimum Gasteiger partial charge on any atom is -0.497 e. The van der Waals surface area contributed by atoms with Crippen molar-refractivity contribution in [2.24, 2.45) is 0 Å². The van der Waals surface area contributed by atoms with Crippen LogP contribution in [-0.4, -0.2) is 18.0 Å². The van der Waals surface area contributed by atoms with Gasteiger partial charge < -0.3 is 10.1 Å². The number of halogens is 2. The summed E-state index contributed by atoms with van der Waals surface area (Å²) in [6.07, 6.45) is 1.53. The number of aromatic nitrogens is 1. The second-order valence-corrected chi connectivity index (χ2v) is 7.71. The molecule has 0 radical (unpaired) electrons. The number of ether oxygens (including phenoxy) is 1. The highest BCUT2D eigenvalue weighted by molar-refractivity contribution is 6.31. The number of benzene rings is 3. The highest BCUT2D eigenvalue weighted by atomic mass is 35.5. The van der Waals surface area contributed by atoms with Crippen molar-refractivity contribution in [1.82, 2.24) is 4.98 Å². The number of nitrogens with zero attached hydrogens (tertiary/aromatic N) is 1. The van der Waals surface area contributed by atoms with Gasteiger partial charge in [-0.1, -0.05) is 47.5 Å². The Balaban J connectivity index is 1.76. The third-order valence-electron chi connectivity index (χ3n) is 5.02. The summed E-state index contributed by atoms with van der Waals surface area (Å²) in [6, 6.07) is 21.4. The third-order valence-corrected chi connectivity index (χ3v) is 5.31. The van der Waals surface area contributed by atoms with Crippen molar-refractivity contribution in [3.63, 3.8) is 0 Å². The summed E-state index contributed by atoms with van der Waals surface area (Å²) in [6.45, 7) is 2.02. The van der Waals surface area contributed by atoms with Crippen molar-refractivity contribution >= 4 is 23.2 Å². The number of rotatable bonds is 5. The summed E-state index contributed by atoms with van der Waals surface area (Å²) in [5, 5.41) is 2.68. The van der Waals surface area contributed by atoms with Crippen molar-refractivity contribution in [1.29, 1.82) is 0 Å². The standard InChI is InChI=1S/C26H20ClFN2O2/c1-16-4-3-5-18(12-16)25-22(17-6-9-21(32-2)10-7-17)13-19(15-29-25)26(31)30-20-8-11-24(28)23(27)14-20/h3-15H,1-2H3,(H,30,31). The fourth-order valence-electron chi connectivity index (χ4n) is 3.38. The number of hydrogen-bond acceptors (Lipinski definition) is 3. The number of carbonyl (C=O) groups excluding carboxylic acids is 1. The molecule has 0 saturated carbocycles. The van der Waals surface area contributed by atoms with E-state index in [-0.39, 0.29) is 10.9 Å². The maximum absolute atomic E-state index is 13.4. The lowest BCUT2D eigenvalue weighted by Gasteiger charge is -2.13. The number of amides is 1. The lowest BCUT2D eigenvalue weighted by atomic mass is 9.97. The average molecular weight is 447 g/mol. The Morgan fingerprint density at radius 3 is 2.47 bits per heavy atom. The number of nitrogens with one attached hydrogen (secondary N) is 1. The highest BCUT2D eigenvalue weighted by Crippen LogP contribution is 2.33. The minimum absolute atomic E-state index is 0.0605. The number of hydrogen-bond donors (Lipinski definition) is 1. The van der Waals surface area contributed by atoms with E-state index in [1.54, 1.807) is 13.2 Å². The first-order chi connectivity index (χ1) is 15.4. The van der Waals surface area contributed by atoms with E-state index in [2.05, 4.69) is 16.4 Å². The normalized spacial score (nSPS) is 10.6. The topological polar surface area (TPSA) is 51.2 Å². The molecule has 0 aliphatic carbocycles. The second kappa shape index (κ2) is 9.20. The molecule has 160 valence electrons. The summed E-state index contributed by atoms with van der Waals surface area (Å²) in [4.78, 5) is 17.5. The van der Waals surface area contributed by atoms with E-state index >= 15 is 0 Å². The summed E-state index contributed by atoms with van der Waals surface area (Å²) >= 11 is 5.83. The lowest BCUT2D eigenvalue weighted by Crippen LogP contribution is -2.13. The first kappa shape index (κ1) is 21.5. The molecule has 0 aliphatic heterocycles. The van der Waals surface area contributed by atoms with Gasteiger partial charge in [-0.3, -0.25) is 9.78 Å². The Hall–Kier alpha value is -3.70. The Morgan fingerprint density at radius 2 is 1.78 bits per heavy atom. The van der Waals surface area contributed by atoms with Gasteiger partial charge in [0.05, 0.1) is 23.4 Å². The van der Waals surface area contributed by atoms with E-state index in [0.717, 1.165) is 33.7 Å². The SMILES string of the molecule is COc1ccc(-c2cc(C(=O)Nc3ccc(F)c(Cl)c3)cnc2-c2cccc(C)c2)cc1. The van der Waals surface area contributed by atoms with Gasteiger partial charge in [-0.15, -0.1) is 0 Å². The predicted molar refractivity (Wildman–Crippen MR) is 126 cm³/mol. The van der Waals surface area contributed by atoms with E-state index in [1.807, 2.05) is 49.4 Å². The molecule has 0 fully saturated rings. The highest BCUT2D eigenvalue weighted by Gasteiger charge is 2.15. The van der Waals surface area contributed by atoms with Crippen LogP contribution in [-0.2, 0) is 0 Å². The summed E-state index contributed by atoms with van der Waals surface area (Å²) in [7, 11) is 1.61. The zero-order valence-corrected chi connectivity index (χ0v) is 18.3. The third kappa shape index (κ3) is 4.63. The zero-order valence-electron chi connectivity index (χ0n) is 17.5. The molecule has 1 aromatic heterocycles. The van der Waals surface area contributed by atoms with Gasteiger partial charge in [-0.2, -0.15) is 0 Å². The fraction of sp³-hybridized carbons (Fsp3) is 0.0769. The van der Waals surface area contributed by atoms with Gasteiger partial charge >= 0.3 is 0 Å². The molecular weight excluding hydrogens is 427 g/mol. The number of pyridine rings is 1. The van der Waals surface area contributed by atoms with Crippen LogP contribution in [0, 0.1) is 12.7 Å². The van der Waals surface area contributed by atoms with E-state index in [1.165, 1.54) is 24.4 Å². The number of anilines is 1. The summed E-state index contributed by atoms with van der Waals surface area (Å²) in [5.74, 6) is -0.178. The van der Waals surface area contributed by atoms with Crippen molar-refractivity contribution < 1.29 is 13.9 Å². The maximum Gasteiger partial charge on any atom is 0.257 e. The molecule has 1 N–H and O–H groups in total. The van der Waals surface area contributed by atoms with Gasteiger partial charge in [0, 0.05) is 23.0 Å². The van der Waals surface area contributed by atoms with Crippen molar-refractivity contribution in [3.8, 4) is 28.1 Å². The van der Waals surface area contributed by atoms with E-state index in [0.29, 0.717) is 11.3 Å². The van der Waals surface area contributed by atoms with Crippen molar-refractivity contribution in [2.45, 2.75) is 6.92 Å². The van der Waals surface area contributed by atoms with Gasteiger partial charge in [0.15, 0.2) is 0 Å². The van der Waals surface area contributed by atoms with Crippen LogP contribution in [0.5, 0.6) is 5.75 Å². The molecule has 1 heterocycles. The van der Waals surface area contributed by atoms with Crippen LogP contribution in [0.15, 0.2) is 79.0 Å². The fourth-order valence-corrected chi connectivity index (χ4v) is 3.56. The molecule has 0 saturated heterocycles. The van der Waals surface area contributed by atoms with E-state index < -0.39 is 5.82 Å². The first-order valence-corrected chi connectivity index (χ1v) is 10.3. The van der Waals surface area contributed by atoms with Gasteiger partial charge in [0.1, 0.15) is 11.6 Å². The van der Waals surface area contributed by atoms with Crippen molar-refractivity contribution in [2.75, 3.05) is 12.4 Å². The second-order valence-electron chi connectivity index (χ2n) is 7.30. The molecule has 0 bridgehead atoms. The minimum atomic E-state index is -0.546. The molecule has 0 unspecified atom stereocenters. The first-order valence-electron chi connectivity index (χ1n) is 9.92. The lowest BCUT2D eigenvalue weighted by molar-refractivity contribution is 0.102. The van der Waals surface area contributed by atoms with Gasteiger partial charge in [-0.25, -0.2) is 4.39 Å². The molecule has 6 heteroatoms. The number of methoxy groups -OCH3 is 1. The Kier molecular flexibility index (Phi) is 6.19. The zero-order chi connectivity index (χ0) is 22.7. The molecule has 0 aliphatic rings. The van der Waals surface area contributed by atoms with Crippen LogP contribution in [0.2, 0.25) is 5.02 Å². The number of aryl methyl sites for hydroxylation is 1. The molecule has 0 spiro atoms. The summed E-state index contributed by atoms with van der Waals surface area (Å²) in [5.41, 5.74) is 5.30. The molecule has 3 aromatic carbocycles. The van der Waals surface area contributed by atoms with Gasteiger partial charge in [0.25, 0.3) is 5.91 Å². The number of carbonyl (C=O) groups is 1. The van der Waals surface area contributed by atoms with Crippen LogP contribution in [0.3, 0.4) is 0 Å². The molecule has 4 aromatic rings. The molecule has 1 amide bonds. The Labute approximate surface area is 190 Å². The maximum atomic E-state index is 13.4. The molecule has 32 heavy (non-hydrogen) atoms. The quantitative estimate of drug-likeness (QED) is 0.367. The average Bonchev–Trinajstić information content (AvgIpc) is 2.81. The van der Waals surface area contributed by atoms with Crippen molar-refractivity contribution in [3.05, 3.63) is 101 Å². The Morgan fingerprint density at radius 1 is 1.00 bits per heavy atom. The smallest absolute Gasteiger partial charge is 0.257 e. The van der Waals surface area contributed by atoms with E-state index in [9.17, 15) is 9.18 Å². The van der Waals surface area contributed by atoms with Crippen LogP contribution in [0.25, 0.3) is 22.4 Å². The summed E-state index contributed by atoms with van der Waals surface area (Å²) < 4.78 is 18.7. The Bertz CT molecular complexity index is 1290. The van der Waals surface area contributed by atoms with Crippen LogP contribution in [0.1, 0.15) is 15.9 Å². The van der Waals surface area contributed by atoms with Crippen LogP contribution >= 0.6 is 11.6 Å². The monoisotopic (exact) mass is 446 g/mol. The molecular formula is C26H20ClFN2O2. The molecule has 4 rings (SSSR count). The van der Waals surface area contributed by atoms with Crippen LogP contribution < -0.4 is 10.1 Å².